The van der Waals surface area contributed by atoms with Crippen molar-refractivity contribution in [2.24, 2.45) is 0 Å². The number of amides is 1. The van der Waals surface area contributed by atoms with E-state index in [1.165, 1.54) is 11.3 Å². The highest BCUT2D eigenvalue weighted by Crippen LogP contribution is 2.17. The molecule has 1 aromatic heterocycles. The van der Waals surface area contributed by atoms with Gasteiger partial charge in [-0.1, -0.05) is 11.6 Å². The Morgan fingerprint density at radius 3 is 2.62 bits per heavy atom. The molecule has 0 saturated heterocycles. The lowest BCUT2D eigenvalue weighted by atomic mass is 10.2. The molecule has 0 aliphatic rings. The molecule has 2 aromatic rings. The highest BCUT2D eigenvalue weighted by molar-refractivity contribution is 7.13. The number of carbonyl (C=O) groups is 1. The van der Waals surface area contributed by atoms with Crippen LogP contribution in [-0.4, -0.2) is 10.9 Å². The van der Waals surface area contributed by atoms with E-state index < -0.39 is 0 Å². The molecule has 4 nitrogen and oxygen atoms in total. The fourth-order valence-corrected chi connectivity index (χ4v) is 1.76. The number of nitrogen functional groups attached to an aromatic ring is 1. The van der Waals surface area contributed by atoms with Crippen molar-refractivity contribution >= 4 is 39.8 Å². The fraction of sp³-hybridized carbons (Fsp3) is 0. The molecule has 0 unspecified atom stereocenters. The second-order valence-corrected chi connectivity index (χ2v) is 4.36. The second kappa shape index (κ2) is 4.51. The van der Waals surface area contributed by atoms with Crippen molar-refractivity contribution in [1.29, 1.82) is 0 Å². The molecular formula is C10H8ClN3OS. The van der Waals surface area contributed by atoms with Gasteiger partial charge >= 0.3 is 0 Å². The Morgan fingerprint density at radius 1 is 1.38 bits per heavy atom. The van der Waals surface area contributed by atoms with Gasteiger partial charge in [0.05, 0.1) is 0 Å². The van der Waals surface area contributed by atoms with Crippen molar-refractivity contribution in [3.8, 4) is 0 Å². The van der Waals surface area contributed by atoms with Crippen molar-refractivity contribution in [2.75, 3.05) is 11.1 Å². The number of nitrogens with two attached hydrogens (primary N) is 1. The van der Waals surface area contributed by atoms with Crippen molar-refractivity contribution in [3.05, 3.63) is 40.2 Å². The van der Waals surface area contributed by atoms with Gasteiger partial charge in [-0.25, -0.2) is 4.98 Å². The largest absolute Gasteiger partial charge is 0.375 e. The van der Waals surface area contributed by atoms with Crippen LogP contribution in [0.15, 0.2) is 29.6 Å². The molecule has 0 atom stereocenters. The van der Waals surface area contributed by atoms with Crippen LogP contribution < -0.4 is 11.1 Å². The summed E-state index contributed by atoms with van der Waals surface area (Å²) < 4.78 is 0. The van der Waals surface area contributed by atoms with E-state index in [9.17, 15) is 4.79 Å². The van der Waals surface area contributed by atoms with Crippen LogP contribution in [0.25, 0.3) is 0 Å². The third kappa shape index (κ3) is 2.50. The normalized spacial score (nSPS) is 10.1. The molecule has 6 heteroatoms. The monoisotopic (exact) mass is 253 g/mol. The number of hydrogen-bond acceptors (Lipinski definition) is 4. The number of aromatic nitrogens is 1. The van der Waals surface area contributed by atoms with Gasteiger partial charge in [-0.15, -0.1) is 11.3 Å². The first kappa shape index (κ1) is 10.9. The lowest BCUT2D eigenvalue weighted by Gasteiger charge is -2.01. The van der Waals surface area contributed by atoms with Crippen LogP contribution in [0.1, 0.15) is 10.4 Å². The summed E-state index contributed by atoms with van der Waals surface area (Å²) in [7, 11) is 0. The maximum atomic E-state index is 11.7. The first-order valence-electron chi connectivity index (χ1n) is 4.43. The van der Waals surface area contributed by atoms with Crippen LogP contribution in [0, 0.1) is 0 Å². The zero-order valence-electron chi connectivity index (χ0n) is 8.11. The van der Waals surface area contributed by atoms with E-state index in [-0.39, 0.29) is 5.91 Å². The smallest absolute Gasteiger partial charge is 0.256 e. The van der Waals surface area contributed by atoms with E-state index in [4.69, 9.17) is 17.3 Å². The molecule has 16 heavy (non-hydrogen) atoms. The first-order valence-corrected chi connectivity index (χ1v) is 5.69. The average Bonchev–Trinajstić information content (AvgIpc) is 2.65. The van der Waals surface area contributed by atoms with Crippen LogP contribution in [0.4, 0.5) is 10.9 Å². The molecule has 0 aliphatic heterocycles. The van der Waals surface area contributed by atoms with E-state index in [1.54, 1.807) is 29.6 Å². The van der Waals surface area contributed by atoms with Gasteiger partial charge in [-0.05, 0) is 24.3 Å². The summed E-state index contributed by atoms with van der Waals surface area (Å²) in [6.45, 7) is 0. The van der Waals surface area contributed by atoms with Gasteiger partial charge in [0.2, 0.25) is 0 Å². The topological polar surface area (TPSA) is 68.0 Å². The molecule has 0 fully saturated rings. The highest BCUT2D eigenvalue weighted by atomic mass is 35.5. The van der Waals surface area contributed by atoms with Crippen molar-refractivity contribution in [1.82, 2.24) is 4.98 Å². The van der Waals surface area contributed by atoms with Crippen LogP contribution >= 0.6 is 22.9 Å². The van der Waals surface area contributed by atoms with E-state index in [2.05, 4.69) is 10.3 Å². The van der Waals surface area contributed by atoms with Gasteiger partial charge in [0, 0.05) is 16.0 Å². The number of hydrogen-bond donors (Lipinski definition) is 2. The number of rotatable bonds is 2. The zero-order chi connectivity index (χ0) is 11.5. The van der Waals surface area contributed by atoms with Gasteiger partial charge in [-0.2, -0.15) is 0 Å². The molecule has 0 saturated carbocycles. The molecule has 0 spiro atoms. The fourth-order valence-electron chi connectivity index (χ4n) is 1.13. The standard InChI is InChI=1S/C10H8ClN3OS/c11-7-3-1-6(2-4-7)9(15)13-8-5-16-10(12)14-8/h1-5H,(H2,12,14)(H,13,15). The van der Waals surface area contributed by atoms with Gasteiger partial charge < -0.3 is 11.1 Å². The van der Waals surface area contributed by atoms with E-state index in [0.29, 0.717) is 21.5 Å². The molecule has 2 rings (SSSR count). The summed E-state index contributed by atoms with van der Waals surface area (Å²) in [5, 5.41) is 5.33. The summed E-state index contributed by atoms with van der Waals surface area (Å²) in [6.07, 6.45) is 0. The molecule has 82 valence electrons. The number of halogens is 1. The zero-order valence-corrected chi connectivity index (χ0v) is 9.68. The minimum atomic E-state index is -0.234. The molecule has 1 heterocycles. The summed E-state index contributed by atoms with van der Waals surface area (Å²) in [5.41, 5.74) is 5.98. The molecule has 0 aliphatic carbocycles. The Hall–Kier alpha value is -1.59. The SMILES string of the molecule is Nc1nc(NC(=O)c2ccc(Cl)cc2)cs1. The maximum Gasteiger partial charge on any atom is 0.256 e. The van der Waals surface area contributed by atoms with Crippen molar-refractivity contribution in [2.45, 2.75) is 0 Å². The van der Waals surface area contributed by atoms with E-state index in [1.807, 2.05) is 0 Å². The summed E-state index contributed by atoms with van der Waals surface area (Å²) in [4.78, 5) is 15.6. The Kier molecular flexibility index (Phi) is 3.07. The third-order valence-corrected chi connectivity index (χ3v) is 2.80. The van der Waals surface area contributed by atoms with Crippen molar-refractivity contribution in [3.63, 3.8) is 0 Å². The highest BCUT2D eigenvalue weighted by Gasteiger charge is 2.07. The van der Waals surface area contributed by atoms with Crippen LogP contribution in [0.3, 0.4) is 0 Å². The third-order valence-electron chi connectivity index (χ3n) is 1.87. The Balaban J connectivity index is 2.11. The minimum absolute atomic E-state index is 0.234. The van der Waals surface area contributed by atoms with Crippen molar-refractivity contribution < 1.29 is 4.79 Å². The van der Waals surface area contributed by atoms with Gasteiger partial charge in [-0.3, -0.25) is 4.79 Å². The second-order valence-electron chi connectivity index (χ2n) is 3.03. The lowest BCUT2D eigenvalue weighted by molar-refractivity contribution is 0.102. The number of nitrogens with zero attached hydrogens (tertiary/aromatic N) is 1. The lowest BCUT2D eigenvalue weighted by Crippen LogP contribution is -2.11. The van der Waals surface area contributed by atoms with Gasteiger partial charge in [0.1, 0.15) is 5.82 Å². The Bertz CT molecular complexity index is 509. The van der Waals surface area contributed by atoms with Crippen LogP contribution in [-0.2, 0) is 0 Å². The summed E-state index contributed by atoms with van der Waals surface area (Å²) >= 11 is 7.00. The average molecular weight is 254 g/mol. The molecule has 0 radical (unpaired) electrons. The predicted octanol–water partition coefficient (Wildman–Crippen LogP) is 2.63. The van der Waals surface area contributed by atoms with Crippen LogP contribution in [0.5, 0.6) is 0 Å². The van der Waals surface area contributed by atoms with Gasteiger partial charge in [0.25, 0.3) is 5.91 Å². The number of thiazole rings is 1. The minimum Gasteiger partial charge on any atom is -0.375 e. The molecule has 0 bridgehead atoms. The Labute approximate surface area is 101 Å². The Morgan fingerprint density at radius 2 is 2.06 bits per heavy atom. The molecule has 3 N–H and O–H groups in total. The maximum absolute atomic E-state index is 11.7. The molecule has 1 amide bonds. The molecule has 1 aromatic carbocycles. The number of nitrogens with one attached hydrogen (secondary N) is 1. The number of benzene rings is 1. The van der Waals surface area contributed by atoms with E-state index in [0.717, 1.165) is 0 Å². The van der Waals surface area contributed by atoms with Crippen LogP contribution in [0.2, 0.25) is 5.02 Å². The molecular weight excluding hydrogens is 246 g/mol. The summed E-state index contributed by atoms with van der Waals surface area (Å²) in [6, 6.07) is 6.61. The number of anilines is 2. The number of carbonyl (C=O) groups excluding carboxylic acids is 1. The van der Waals surface area contributed by atoms with Gasteiger partial charge in [0.15, 0.2) is 5.13 Å². The first-order chi connectivity index (χ1) is 7.65. The quantitative estimate of drug-likeness (QED) is 0.865. The summed E-state index contributed by atoms with van der Waals surface area (Å²) in [5.74, 6) is 0.226. The van der Waals surface area contributed by atoms with E-state index >= 15 is 0 Å². The predicted molar refractivity (Wildman–Crippen MR) is 65.9 cm³/mol.